The standard InChI is InChI=1S/C14H20N4/c1-9-10(2)18(14(16)11(9)8-15)13-5-7-17-6-3-4-12(13)17/h12-13H,3-7,16H2,1-2H3. The summed E-state index contributed by atoms with van der Waals surface area (Å²) in [5.74, 6) is 0.672. The van der Waals surface area contributed by atoms with Crippen LogP contribution in [-0.4, -0.2) is 28.6 Å². The van der Waals surface area contributed by atoms with Crippen LogP contribution in [0.15, 0.2) is 0 Å². The third-order valence-electron chi connectivity index (χ3n) is 4.81. The Kier molecular flexibility index (Phi) is 2.60. The molecular weight excluding hydrogens is 224 g/mol. The molecule has 3 rings (SSSR count). The Morgan fingerprint density at radius 2 is 2.00 bits per heavy atom. The predicted molar refractivity (Wildman–Crippen MR) is 71.3 cm³/mol. The van der Waals surface area contributed by atoms with E-state index in [2.05, 4.69) is 22.5 Å². The maximum absolute atomic E-state index is 9.21. The second-order valence-electron chi connectivity index (χ2n) is 5.55. The van der Waals surface area contributed by atoms with Crippen LogP contribution in [0.3, 0.4) is 0 Å². The van der Waals surface area contributed by atoms with Crippen LogP contribution in [0.1, 0.15) is 42.1 Å². The number of fused-ring (bicyclic) bond motifs is 1. The van der Waals surface area contributed by atoms with Gasteiger partial charge in [-0.25, -0.2) is 0 Å². The molecule has 2 aliphatic heterocycles. The van der Waals surface area contributed by atoms with E-state index in [0.717, 1.165) is 12.0 Å². The Labute approximate surface area is 108 Å². The maximum atomic E-state index is 9.21. The number of nitrogens with zero attached hydrogens (tertiary/aromatic N) is 3. The van der Waals surface area contributed by atoms with Crippen molar-refractivity contribution < 1.29 is 0 Å². The first-order valence-electron chi connectivity index (χ1n) is 6.76. The summed E-state index contributed by atoms with van der Waals surface area (Å²) in [6, 6.07) is 3.34. The molecule has 2 fully saturated rings. The summed E-state index contributed by atoms with van der Waals surface area (Å²) in [7, 11) is 0. The Morgan fingerprint density at radius 3 is 2.67 bits per heavy atom. The van der Waals surface area contributed by atoms with E-state index in [9.17, 15) is 5.26 Å². The molecule has 0 bridgehead atoms. The number of nitrogens with two attached hydrogens (primary N) is 1. The number of rotatable bonds is 1. The molecule has 1 aromatic rings. The molecule has 18 heavy (non-hydrogen) atoms. The first kappa shape index (κ1) is 11.6. The molecule has 0 amide bonds. The molecule has 4 heteroatoms. The van der Waals surface area contributed by atoms with Gasteiger partial charge in [0, 0.05) is 18.3 Å². The van der Waals surface area contributed by atoms with Gasteiger partial charge in [-0.1, -0.05) is 0 Å². The van der Waals surface area contributed by atoms with Crippen LogP contribution < -0.4 is 5.73 Å². The van der Waals surface area contributed by atoms with Crippen molar-refractivity contribution >= 4 is 5.82 Å². The molecule has 2 aliphatic rings. The summed E-state index contributed by atoms with van der Waals surface area (Å²) < 4.78 is 2.23. The lowest BCUT2D eigenvalue weighted by Gasteiger charge is -2.24. The van der Waals surface area contributed by atoms with Gasteiger partial charge in [-0.3, -0.25) is 4.90 Å². The van der Waals surface area contributed by atoms with Gasteiger partial charge in [-0.05, 0) is 45.2 Å². The zero-order valence-electron chi connectivity index (χ0n) is 11.1. The fourth-order valence-corrected chi connectivity index (χ4v) is 3.78. The van der Waals surface area contributed by atoms with E-state index in [0.29, 0.717) is 23.5 Å². The van der Waals surface area contributed by atoms with Crippen LogP contribution >= 0.6 is 0 Å². The third-order valence-corrected chi connectivity index (χ3v) is 4.81. The van der Waals surface area contributed by atoms with Crippen LogP contribution in [0.4, 0.5) is 5.82 Å². The minimum atomic E-state index is 0.466. The van der Waals surface area contributed by atoms with E-state index in [1.165, 1.54) is 31.6 Å². The number of nitrogen functional groups attached to an aromatic ring is 1. The predicted octanol–water partition coefficient (Wildman–Crippen LogP) is 1.97. The smallest absolute Gasteiger partial charge is 0.122 e. The van der Waals surface area contributed by atoms with Gasteiger partial charge in [0.2, 0.25) is 0 Å². The van der Waals surface area contributed by atoms with Crippen molar-refractivity contribution in [3.05, 3.63) is 16.8 Å². The molecule has 2 atom stereocenters. The van der Waals surface area contributed by atoms with E-state index < -0.39 is 0 Å². The molecule has 3 heterocycles. The summed E-state index contributed by atoms with van der Waals surface area (Å²) in [5.41, 5.74) is 9.09. The van der Waals surface area contributed by atoms with E-state index in [-0.39, 0.29) is 0 Å². The lowest BCUT2D eigenvalue weighted by atomic mass is 10.1. The number of nitriles is 1. The molecule has 2 N–H and O–H groups in total. The Bertz CT molecular complexity index is 523. The Balaban J connectivity index is 2.05. The van der Waals surface area contributed by atoms with Crippen molar-refractivity contribution in [2.75, 3.05) is 18.8 Å². The van der Waals surface area contributed by atoms with Crippen LogP contribution in [-0.2, 0) is 0 Å². The van der Waals surface area contributed by atoms with E-state index in [4.69, 9.17) is 5.73 Å². The molecule has 2 unspecified atom stereocenters. The SMILES string of the molecule is Cc1c(C#N)c(N)n(C2CCN3CCCC23)c1C. The van der Waals surface area contributed by atoms with Crippen LogP contribution in [0.25, 0.3) is 0 Å². The normalized spacial score (nSPS) is 27.4. The van der Waals surface area contributed by atoms with Gasteiger partial charge >= 0.3 is 0 Å². The quantitative estimate of drug-likeness (QED) is 0.821. The minimum Gasteiger partial charge on any atom is -0.384 e. The minimum absolute atomic E-state index is 0.466. The fourth-order valence-electron chi connectivity index (χ4n) is 3.78. The number of hydrogen-bond donors (Lipinski definition) is 1. The lowest BCUT2D eigenvalue weighted by molar-refractivity contribution is 0.290. The van der Waals surface area contributed by atoms with Crippen molar-refractivity contribution in [2.24, 2.45) is 0 Å². The van der Waals surface area contributed by atoms with E-state index >= 15 is 0 Å². The zero-order chi connectivity index (χ0) is 12.9. The van der Waals surface area contributed by atoms with Gasteiger partial charge < -0.3 is 10.3 Å². The topological polar surface area (TPSA) is 58.0 Å². The Morgan fingerprint density at radius 1 is 1.22 bits per heavy atom. The summed E-state index contributed by atoms with van der Waals surface area (Å²) in [4.78, 5) is 2.57. The monoisotopic (exact) mass is 244 g/mol. The van der Waals surface area contributed by atoms with Crippen molar-refractivity contribution in [2.45, 2.75) is 45.2 Å². The van der Waals surface area contributed by atoms with Gasteiger partial charge in [0.1, 0.15) is 11.9 Å². The second-order valence-corrected chi connectivity index (χ2v) is 5.55. The zero-order valence-corrected chi connectivity index (χ0v) is 11.1. The van der Waals surface area contributed by atoms with Crippen LogP contribution in [0.2, 0.25) is 0 Å². The number of hydrogen-bond acceptors (Lipinski definition) is 3. The van der Waals surface area contributed by atoms with Gasteiger partial charge in [0.25, 0.3) is 0 Å². The molecule has 0 saturated carbocycles. The summed E-state index contributed by atoms with van der Waals surface area (Å²) in [6.07, 6.45) is 3.73. The number of aromatic nitrogens is 1. The van der Waals surface area contributed by atoms with Crippen molar-refractivity contribution in [3.63, 3.8) is 0 Å². The van der Waals surface area contributed by atoms with E-state index in [1.807, 2.05) is 6.92 Å². The summed E-state index contributed by atoms with van der Waals surface area (Å²) >= 11 is 0. The van der Waals surface area contributed by atoms with Crippen LogP contribution in [0.5, 0.6) is 0 Å². The van der Waals surface area contributed by atoms with Crippen molar-refractivity contribution in [1.29, 1.82) is 5.26 Å². The second kappa shape index (κ2) is 4.03. The average molecular weight is 244 g/mol. The summed E-state index contributed by atoms with van der Waals surface area (Å²) in [6.45, 7) is 6.49. The molecule has 2 saturated heterocycles. The fraction of sp³-hybridized carbons (Fsp3) is 0.643. The molecule has 4 nitrogen and oxygen atoms in total. The summed E-state index contributed by atoms with van der Waals surface area (Å²) in [5, 5.41) is 9.21. The molecule has 0 aliphatic carbocycles. The molecule has 0 aromatic carbocycles. The van der Waals surface area contributed by atoms with Gasteiger partial charge in [-0.15, -0.1) is 0 Å². The average Bonchev–Trinajstić information content (AvgIpc) is 2.98. The maximum Gasteiger partial charge on any atom is 0.122 e. The van der Waals surface area contributed by atoms with Crippen molar-refractivity contribution in [1.82, 2.24) is 9.47 Å². The first-order chi connectivity index (χ1) is 8.65. The highest BCUT2D eigenvalue weighted by Crippen LogP contribution is 2.40. The van der Waals surface area contributed by atoms with Crippen molar-refractivity contribution in [3.8, 4) is 6.07 Å². The highest BCUT2D eigenvalue weighted by molar-refractivity contribution is 5.58. The van der Waals surface area contributed by atoms with Crippen LogP contribution in [0, 0.1) is 25.2 Å². The van der Waals surface area contributed by atoms with Gasteiger partial charge in [-0.2, -0.15) is 5.26 Å². The Hall–Kier alpha value is -1.47. The molecule has 96 valence electrons. The third kappa shape index (κ3) is 1.40. The molecule has 1 aromatic heterocycles. The lowest BCUT2D eigenvalue weighted by Crippen LogP contribution is -2.28. The highest BCUT2D eigenvalue weighted by Gasteiger charge is 2.39. The first-order valence-corrected chi connectivity index (χ1v) is 6.76. The van der Waals surface area contributed by atoms with Gasteiger partial charge in [0.15, 0.2) is 0 Å². The van der Waals surface area contributed by atoms with Gasteiger partial charge in [0.05, 0.1) is 11.6 Å². The largest absolute Gasteiger partial charge is 0.384 e. The van der Waals surface area contributed by atoms with E-state index in [1.54, 1.807) is 0 Å². The number of anilines is 1. The molecular formula is C14H20N4. The molecule has 0 spiro atoms. The highest BCUT2D eigenvalue weighted by atomic mass is 15.3. The molecule has 0 radical (unpaired) electrons.